The van der Waals surface area contributed by atoms with E-state index < -0.39 is 10.8 Å². The van der Waals surface area contributed by atoms with Crippen molar-refractivity contribution in [3.8, 4) is 0 Å². The largest absolute Gasteiger partial charge is 0.298 e. The molecule has 0 N–H and O–H groups in total. The molecule has 4 saturated carbocycles. The van der Waals surface area contributed by atoms with Gasteiger partial charge in [0.2, 0.25) is 0 Å². The third kappa shape index (κ3) is 3.29. The minimum absolute atomic E-state index is 0.0869. The van der Waals surface area contributed by atoms with Gasteiger partial charge in [-0.25, -0.2) is 0 Å². The van der Waals surface area contributed by atoms with Crippen molar-refractivity contribution in [3.05, 3.63) is 71.8 Å². The summed E-state index contributed by atoms with van der Waals surface area (Å²) in [5.41, 5.74) is 0.686. The molecule has 4 bridgehead atoms. The second kappa shape index (κ2) is 9.14. The van der Waals surface area contributed by atoms with Crippen molar-refractivity contribution in [2.45, 2.75) is 106 Å². The number of hydrogen-bond donors (Lipinski definition) is 0. The molecule has 4 aliphatic carbocycles. The predicted molar refractivity (Wildman–Crippen MR) is 163 cm³/mol. The number of carbonyl (C=O) groups excluding carboxylic acids is 2. The maximum Gasteiger partial charge on any atom is 0.146 e. The van der Waals surface area contributed by atoms with Crippen LogP contribution >= 0.6 is 0 Å². The lowest BCUT2D eigenvalue weighted by Gasteiger charge is -2.56. The van der Waals surface area contributed by atoms with Crippen molar-refractivity contribution in [1.29, 1.82) is 0 Å². The van der Waals surface area contributed by atoms with Crippen LogP contribution in [0.25, 0.3) is 0 Å². The van der Waals surface area contributed by atoms with Gasteiger partial charge in [0.15, 0.2) is 0 Å². The summed E-state index contributed by atoms with van der Waals surface area (Å²) in [4.78, 5) is 30.6. The first-order chi connectivity index (χ1) is 18.9. The molecule has 6 rings (SSSR count). The monoisotopic (exact) mass is 538 g/mol. The lowest BCUT2D eigenvalue weighted by atomic mass is 9.45. The highest BCUT2D eigenvalue weighted by Gasteiger charge is 2.85. The van der Waals surface area contributed by atoms with Gasteiger partial charge in [-0.1, -0.05) is 102 Å². The minimum Gasteiger partial charge on any atom is -0.298 e. The van der Waals surface area contributed by atoms with Crippen LogP contribution in [0.2, 0.25) is 0 Å². The Morgan fingerprint density at radius 1 is 0.575 bits per heavy atom. The van der Waals surface area contributed by atoms with Crippen LogP contribution in [0, 0.1) is 44.3 Å². The first-order valence-corrected chi connectivity index (χ1v) is 16.1. The molecular formula is C38H50O2. The molecule has 0 aromatic heterocycles. The van der Waals surface area contributed by atoms with Gasteiger partial charge in [-0.3, -0.25) is 9.59 Å². The number of benzene rings is 2. The Labute approximate surface area is 242 Å². The van der Waals surface area contributed by atoms with Gasteiger partial charge in [-0.15, -0.1) is 0 Å². The number of hydrogen-bond acceptors (Lipinski definition) is 2. The van der Waals surface area contributed by atoms with E-state index in [0.29, 0.717) is 11.6 Å². The van der Waals surface area contributed by atoms with Crippen molar-refractivity contribution in [1.82, 2.24) is 0 Å². The van der Waals surface area contributed by atoms with Crippen LogP contribution in [0.5, 0.6) is 0 Å². The number of carbonyl (C=O) groups is 2. The Morgan fingerprint density at radius 3 is 1.23 bits per heavy atom. The summed E-state index contributed by atoms with van der Waals surface area (Å²) in [7, 11) is 0. The molecule has 0 heterocycles. The molecule has 0 unspecified atom stereocenters. The number of ketones is 2. The molecule has 0 saturated heterocycles. The Hall–Kier alpha value is -2.22. The molecule has 40 heavy (non-hydrogen) atoms. The molecule has 0 aliphatic heterocycles. The van der Waals surface area contributed by atoms with E-state index in [-0.39, 0.29) is 33.5 Å². The van der Waals surface area contributed by atoms with Gasteiger partial charge in [-0.2, -0.15) is 0 Å². The summed E-state index contributed by atoms with van der Waals surface area (Å²) in [6.07, 6.45) is 9.70. The van der Waals surface area contributed by atoms with Crippen LogP contribution in [0.3, 0.4) is 0 Å². The third-order valence-corrected chi connectivity index (χ3v) is 14.0. The van der Waals surface area contributed by atoms with E-state index in [1.807, 2.05) is 0 Å². The molecule has 4 fully saturated rings. The van der Waals surface area contributed by atoms with Gasteiger partial charge in [0.25, 0.3) is 0 Å². The van der Waals surface area contributed by atoms with Crippen molar-refractivity contribution in [3.63, 3.8) is 0 Å². The quantitative estimate of drug-likeness (QED) is 0.319. The zero-order valence-electron chi connectivity index (χ0n) is 25.8. The lowest BCUT2D eigenvalue weighted by molar-refractivity contribution is -0.167. The third-order valence-electron chi connectivity index (χ3n) is 14.0. The fourth-order valence-electron chi connectivity index (χ4n) is 11.3. The van der Waals surface area contributed by atoms with Gasteiger partial charge in [-0.05, 0) is 98.0 Å². The molecule has 4 aliphatic rings. The fraction of sp³-hybridized carbons (Fsp3) is 0.632. The van der Waals surface area contributed by atoms with Crippen LogP contribution in [0.15, 0.2) is 60.7 Å². The van der Waals surface area contributed by atoms with Crippen molar-refractivity contribution >= 4 is 11.6 Å². The van der Waals surface area contributed by atoms with Gasteiger partial charge in [0.05, 0.1) is 0 Å². The van der Waals surface area contributed by atoms with Crippen LogP contribution in [0.4, 0.5) is 0 Å². The second-order valence-corrected chi connectivity index (χ2v) is 15.6. The zero-order valence-corrected chi connectivity index (χ0v) is 25.8. The average molecular weight is 539 g/mol. The van der Waals surface area contributed by atoms with Crippen LogP contribution in [0.1, 0.15) is 104 Å². The molecule has 2 nitrogen and oxygen atoms in total. The van der Waals surface area contributed by atoms with E-state index in [0.717, 1.165) is 64.2 Å². The SMILES string of the molecule is CC1(C)[C@H]2CC[C@@]1(C)C(=O)[C@]2(CCCc1ccccc1)[C@]1(CCCc2ccccc2)C(=O)[C@@]2(C)CC[C@H]1C2(C)C. The summed E-state index contributed by atoms with van der Waals surface area (Å²) in [5.74, 6) is 1.45. The van der Waals surface area contributed by atoms with E-state index in [4.69, 9.17) is 0 Å². The fourth-order valence-corrected chi connectivity index (χ4v) is 11.3. The van der Waals surface area contributed by atoms with Gasteiger partial charge in [0, 0.05) is 21.7 Å². The summed E-state index contributed by atoms with van der Waals surface area (Å²) in [5, 5.41) is 0. The highest BCUT2D eigenvalue weighted by atomic mass is 16.1. The number of fused-ring (bicyclic) bond motifs is 4. The molecule has 214 valence electrons. The van der Waals surface area contributed by atoms with E-state index >= 15 is 9.59 Å². The van der Waals surface area contributed by atoms with E-state index in [9.17, 15) is 0 Å². The van der Waals surface area contributed by atoms with E-state index in [1.54, 1.807) is 0 Å². The van der Waals surface area contributed by atoms with Crippen LogP contribution < -0.4 is 0 Å². The Kier molecular flexibility index (Phi) is 6.38. The van der Waals surface area contributed by atoms with Gasteiger partial charge < -0.3 is 0 Å². The summed E-state index contributed by atoms with van der Waals surface area (Å²) < 4.78 is 0. The Morgan fingerprint density at radius 2 is 0.925 bits per heavy atom. The average Bonchev–Trinajstić information content (AvgIpc) is 3.42. The molecule has 2 aromatic rings. The highest BCUT2D eigenvalue weighted by Crippen LogP contribution is 2.83. The lowest BCUT2D eigenvalue weighted by Crippen LogP contribution is -2.60. The highest BCUT2D eigenvalue weighted by molar-refractivity contribution is 6.05. The van der Waals surface area contributed by atoms with Crippen molar-refractivity contribution < 1.29 is 9.59 Å². The van der Waals surface area contributed by atoms with E-state index in [1.165, 1.54) is 11.1 Å². The summed E-state index contributed by atoms with van der Waals surface area (Å²) in [6, 6.07) is 21.5. The van der Waals surface area contributed by atoms with Crippen LogP contribution in [-0.4, -0.2) is 11.6 Å². The molecular weight excluding hydrogens is 488 g/mol. The number of rotatable bonds is 9. The zero-order chi connectivity index (χ0) is 28.6. The maximum absolute atomic E-state index is 15.3. The standard InChI is InChI=1S/C38H50O2/c1-33(2)29-21-25-35(33,5)31(39)37(29,23-13-19-27-15-9-7-10-16-27)38(24-14-20-28-17-11-8-12-18-28)30-22-26-36(6,32(38)40)34(30,3)4/h7-12,15-18,29-30H,13-14,19-26H2,1-6H3/t29-,30+,35+,36-,37-,38+. The molecule has 6 atom stereocenters. The van der Waals surface area contributed by atoms with Crippen molar-refractivity contribution in [2.75, 3.05) is 0 Å². The summed E-state index contributed by atoms with van der Waals surface area (Å²) >= 11 is 0. The maximum atomic E-state index is 15.3. The van der Waals surface area contributed by atoms with Crippen molar-refractivity contribution in [2.24, 2.45) is 44.3 Å². The first kappa shape index (κ1) is 27.9. The molecule has 0 amide bonds. The molecule has 2 aromatic carbocycles. The van der Waals surface area contributed by atoms with Gasteiger partial charge >= 0.3 is 0 Å². The molecule has 0 radical (unpaired) electrons. The molecule has 0 spiro atoms. The van der Waals surface area contributed by atoms with Crippen LogP contribution in [-0.2, 0) is 22.4 Å². The predicted octanol–water partition coefficient (Wildman–Crippen LogP) is 9.06. The number of aryl methyl sites for hydroxylation is 2. The van der Waals surface area contributed by atoms with Gasteiger partial charge in [0.1, 0.15) is 11.6 Å². The summed E-state index contributed by atoms with van der Waals surface area (Å²) in [6.45, 7) is 14.0. The topological polar surface area (TPSA) is 34.1 Å². The van der Waals surface area contributed by atoms with E-state index in [2.05, 4.69) is 102 Å². The Bertz CT molecular complexity index is 1190. The second-order valence-electron chi connectivity index (χ2n) is 15.6. The first-order valence-electron chi connectivity index (χ1n) is 16.1. The minimum atomic E-state index is -0.563. The number of Topliss-reactive ketones (excluding diaryl/α,β-unsaturated/α-hetero) is 2. The Balaban J connectivity index is 1.48. The normalized spacial score (nSPS) is 38.9. The smallest absolute Gasteiger partial charge is 0.146 e. The molecule has 2 heteroatoms.